The second kappa shape index (κ2) is 13.0. The van der Waals surface area contributed by atoms with E-state index in [1.807, 2.05) is 74.5 Å². The van der Waals surface area contributed by atoms with E-state index < -0.39 is 35.6 Å². The molecule has 3 aromatic carbocycles. The Labute approximate surface area is 236 Å². The average Bonchev–Trinajstić information content (AvgIpc) is 2.87. The number of carbonyl (C=O) groups is 3. The van der Waals surface area contributed by atoms with Gasteiger partial charge in [0.05, 0.1) is 6.61 Å². The van der Waals surface area contributed by atoms with Gasteiger partial charge in [-0.05, 0) is 74.6 Å². The van der Waals surface area contributed by atoms with Crippen LogP contribution in [0.1, 0.15) is 57.4 Å². The second-order valence-electron chi connectivity index (χ2n) is 11.4. The van der Waals surface area contributed by atoms with Crippen LogP contribution in [0.3, 0.4) is 0 Å². The first kappa shape index (κ1) is 30.6. The minimum absolute atomic E-state index is 0.110. The van der Waals surface area contributed by atoms with Crippen LogP contribution < -0.4 is 10.6 Å². The van der Waals surface area contributed by atoms with Gasteiger partial charge >= 0.3 is 6.09 Å². The zero-order valence-corrected chi connectivity index (χ0v) is 24.4. The number of aryl methyl sites for hydroxylation is 2. The molecule has 0 saturated heterocycles. The fourth-order valence-corrected chi connectivity index (χ4v) is 4.58. The number of nitrogens with one attached hydrogen (secondary N) is 2. The molecule has 0 aliphatic heterocycles. The largest absolute Gasteiger partial charge is 0.444 e. The van der Waals surface area contributed by atoms with Gasteiger partial charge in [0.1, 0.15) is 17.7 Å². The maximum Gasteiger partial charge on any atom is 0.408 e. The standard InChI is InChI=1S/C32H41N3O5/c1-20(2)27(34-31(39)40-32(5,6)7)30(38)35(16-17-36)28(26-18-21(3)12-13-22(26)4)29(37)33-25-15-14-23-10-8-9-11-24(23)19-25/h8-15,18-20,27-28,36H,16-17H2,1-7H3,(H,33,37)(H,34,39). The summed E-state index contributed by atoms with van der Waals surface area (Å²) in [5, 5.41) is 17.7. The fourth-order valence-electron chi connectivity index (χ4n) is 4.58. The van der Waals surface area contributed by atoms with E-state index in [0.29, 0.717) is 11.3 Å². The Bertz CT molecular complexity index is 1360. The molecule has 0 heterocycles. The summed E-state index contributed by atoms with van der Waals surface area (Å²) in [6.45, 7) is 12.2. The van der Waals surface area contributed by atoms with Crippen molar-refractivity contribution in [1.29, 1.82) is 0 Å². The van der Waals surface area contributed by atoms with Crippen LogP contribution in [0.4, 0.5) is 10.5 Å². The van der Waals surface area contributed by atoms with E-state index in [1.165, 1.54) is 4.90 Å². The topological polar surface area (TPSA) is 108 Å². The van der Waals surface area contributed by atoms with Crippen molar-refractivity contribution in [3.63, 3.8) is 0 Å². The number of hydrogen-bond acceptors (Lipinski definition) is 5. The number of benzene rings is 3. The molecule has 2 atom stereocenters. The molecule has 214 valence electrons. The van der Waals surface area contributed by atoms with Gasteiger partial charge < -0.3 is 25.4 Å². The molecule has 3 aromatic rings. The molecule has 0 bridgehead atoms. The third-order valence-electron chi connectivity index (χ3n) is 6.54. The Morgan fingerprint density at radius 1 is 0.950 bits per heavy atom. The Hall–Kier alpha value is -3.91. The van der Waals surface area contributed by atoms with Crippen LogP contribution in [0.5, 0.6) is 0 Å². The summed E-state index contributed by atoms with van der Waals surface area (Å²) in [7, 11) is 0. The lowest BCUT2D eigenvalue weighted by Gasteiger charge is -2.36. The number of ether oxygens (including phenoxy) is 1. The van der Waals surface area contributed by atoms with Crippen molar-refractivity contribution in [2.45, 2.75) is 66.2 Å². The predicted octanol–water partition coefficient (Wildman–Crippen LogP) is 5.51. The molecule has 0 aliphatic carbocycles. The van der Waals surface area contributed by atoms with Crippen LogP contribution in [0, 0.1) is 19.8 Å². The first-order valence-electron chi connectivity index (χ1n) is 13.6. The maximum absolute atomic E-state index is 14.1. The molecule has 3 rings (SSSR count). The van der Waals surface area contributed by atoms with E-state index in [2.05, 4.69) is 10.6 Å². The van der Waals surface area contributed by atoms with Crippen LogP contribution >= 0.6 is 0 Å². The summed E-state index contributed by atoms with van der Waals surface area (Å²) in [5.41, 5.74) is 2.22. The summed E-state index contributed by atoms with van der Waals surface area (Å²) >= 11 is 0. The van der Waals surface area contributed by atoms with Gasteiger partial charge in [-0.1, -0.05) is 67.9 Å². The van der Waals surface area contributed by atoms with E-state index in [9.17, 15) is 19.5 Å². The van der Waals surface area contributed by atoms with E-state index in [0.717, 1.165) is 21.9 Å². The molecule has 0 fully saturated rings. The number of hydrogen-bond donors (Lipinski definition) is 3. The Kier molecular flexibility index (Phi) is 9.93. The Morgan fingerprint density at radius 2 is 1.62 bits per heavy atom. The number of fused-ring (bicyclic) bond motifs is 1. The highest BCUT2D eigenvalue weighted by Gasteiger charge is 2.38. The number of aliphatic hydroxyl groups is 1. The van der Waals surface area contributed by atoms with Crippen LogP contribution in [0.2, 0.25) is 0 Å². The average molecular weight is 548 g/mol. The third-order valence-corrected chi connectivity index (χ3v) is 6.54. The van der Waals surface area contributed by atoms with Crippen molar-refractivity contribution in [2.24, 2.45) is 5.92 Å². The van der Waals surface area contributed by atoms with E-state index in [1.54, 1.807) is 34.6 Å². The van der Waals surface area contributed by atoms with Crippen molar-refractivity contribution < 1.29 is 24.2 Å². The van der Waals surface area contributed by atoms with Crippen molar-refractivity contribution in [1.82, 2.24) is 10.2 Å². The van der Waals surface area contributed by atoms with Gasteiger partial charge in [0.25, 0.3) is 5.91 Å². The van der Waals surface area contributed by atoms with Crippen molar-refractivity contribution in [3.05, 3.63) is 77.4 Å². The molecular formula is C32H41N3O5. The highest BCUT2D eigenvalue weighted by Crippen LogP contribution is 2.29. The number of amides is 3. The highest BCUT2D eigenvalue weighted by molar-refractivity contribution is 6.00. The summed E-state index contributed by atoms with van der Waals surface area (Å²) in [4.78, 5) is 42.1. The van der Waals surface area contributed by atoms with Gasteiger partial charge in [0.15, 0.2) is 0 Å². The lowest BCUT2D eigenvalue weighted by atomic mass is 9.94. The molecular weight excluding hydrogens is 506 g/mol. The van der Waals surface area contributed by atoms with Gasteiger partial charge in [0, 0.05) is 12.2 Å². The summed E-state index contributed by atoms with van der Waals surface area (Å²) in [6.07, 6.45) is -0.729. The summed E-state index contributed by atoms with van der Waals surface area (Å²) in [5.74, 6) is -1.23. The van der Waals surface area contributed by atoms with Crippen molar-refractivity contribution in [2.75, 3.05) is 18.5 Å². The number of alkyl carbamates (subject to hydrolysis) is 1. The van der Waals surface area contributed by atoms with Crippen molar-refractivity contribution in [3.8, 4) is 0 Å². The number of nitrogens with zero attached hydrogens (tertiary/aromatic N) is 1. The molecule has 8 nitrogen and oxygen atoms in total. The molecule has 2 unspecified atom stereocenters. The molecule has 40 heavy (non-hydrogen) atoms. The number of aliphatic hydroxyl groups excluding tert-OH is 1. The smallest absolute Gasteiger partial charge is 0.408 e. The zero-order chi connectivity index (χ0) is 29.6. The lowest BCUT2D eigenvalue weighted by molar-refractivity contribution is -0.142. The molecule has 8 heteroatoms. The van der Waals surface area contributed by atoms with Gasteiger partial charge in [-0.2, -0.15) is 0 Å². The van der Waals surface area contributed by atoms with E-state index in [-0.39, 0.29) is 19.1 Å². The maximum atomic E-state index is 14.1. The molecule has 0 saturated carbocycles. The molecule has 0 spiro atoms. The van der Waals surface area contributed by atoms with Gasteiger partial charge in [-0.15, -0.1) is 0 Å². The number of anilines is 1. The van der Waals surface area contributed by atoms with Crippen LogP contribution in [-0.4, -0.2) is 52.7 Å². The summed E-state index contributed by atoms with van der Waals surface area (Å²) in [6, 6.07) is 17.1. The number of carbonyl (C=O) groups excluding carboxylic acids is 3. The first-order valence-corrected chi connectivity index (χ1v) is 13.6. The van der Waals surface area contributed by atoms with Gasteiger partial charge in [0.2, 0.25) is 5.91 Å². The zero-order valence-electron chi connectivity index (χ0n) is 24.4. The lowest BCUT2D eigenvalue weighted by Crippen LogP contribution is -2.55. The monoisotopic (exact) mass is 547 g/mol. The van der Waals surface area contributed by atoms with E-state index in [4.69, 9.17) is 4.74 Å². The quantitative estimate of drug-likeness (QED) is 0.328. The molecule has 0 radical (unpaired) electrons. The van der Waals surface area contributed by atoms with Crippen LogP contribution in [0.15, 0.2) is 60.7 Å². The SMILES string of the molecule is Cc1ccc(C)c(C(C(=O)Nc2ccc3ccccc3c2)N(CCO)C(=O)C(NC(=O)OC(C)(C)C)C(C)C)c1. The minimum Gasteiger partial charge on any atom is -0.444 e. The highest BCUT2D eigenvalue weighted by atomic mass is 16.6. The Morgan fingerprint density at radius 3 is 2.25 bits per heavy atom. The third kappa shape index (κ3) is 7.82. The Balaban J connectivity index is 2.04. The molecule has 3 N–H and O–H groups in total. The first-order chi connectivity index (χ1) is 18.8. The van der Waals surface area contributed by atoms with E-state index >= 15 is 0 Å². The second-order valence-corrected chi connectivity index (χ2v) is 11.4. The summed E-state index contributed by atoms with van der Waals surface area (Å²) < 4.78 is 5.40. The normalized spacial score (nSPS) is 13.0. The number of rotatable bonds is 9. The fraction of sp³-hybridized carbons (Fsp3) is 0.406. The van der Waals surface area contributed by atoms with Gasteiger partial charge in [-0.3, -0.25) is 9.59 Å². The minimum atomic E-state index is -1.06. The van der Waals surface area contributed by atoms with Crippen LogP contribution in [0.25, 0.3) is 10.8 Å². The molecule has 0 aliphatic rings. The van der Waals surface area contributed by atoms with Crippen molar-refractivity contribution >= 4 is 34.4 Å². The molecule has 0 aromatic heterocycles. The predicted molar refractivity (Wildman–Crippen MR) is 158 cm³/mol. The van der Waals surface area contributed by atoms with Gasteiger partial charge in [-0.25, -0.2) is 4.79 Å². The molecule has 3 amide bonds. The van der Waals surface area contributed by atoms with Crippen LogP contribution in [-0.2, 0) is 14.3 Å².